The molecule has 0 rings (SSSR count). The molecule has 0 saturated carbocycles. The average Bonchev–Trinajstić information content (AvgIpc) is 1.93. The number of carbonyl (C=O) groups is 1. The fourth-order valence-electron chi connectivity index (χ4n) is 0.272. The molecule has 0 heterocycles. The Hall–Kier alpha value is -0.570. The quantitative estimate of drug-likeness (QED) is 0.562. The standard InChI is InChI=1S/C4H10O.C3H6O2/c1-3-5-4-2;1-2-5-3-4/h3-4H2,1-2H3;3H,2H2,1H3. The van der Waals surface area contributed by atoms with E-state index in [1.165, 1.54) is 0 Å². The third-order valence-electron chi connectivity index (χ3n) is 0.643. The number of ether oxygens (including phenoxy) is 2. The summed E-state index contributed by atoms with van der Waals surface area (Å²) in [6, 6.07) is 0. The lowest BCUT2D eigenvalue weighted by Gasteiger charge is -1.86. The lowest BCUT2D eigenvalue weighted by Crippen LogP contribution is -1.84. The van der Waals surface area contributed by atoms with Gasteiger partial charge in [0.25, 0.3) is 6.47 Å². The van der Waals surface area contributed by atoms with E-state index >= 15 is 0 Å². The maximum atomic E-state index is 9.18. The van der Waals surface area contributed by atoms with E-state index in [-0.39, 0.29) is 0 Å². The van der Waals surface area contributed by atoms with Gasteiger partial charge in [0.1, 0.15) is 0 Å². The number of hydrogen-bond acceptors (Lipinski definition) is 3. The van der Waals surface area contributed by atoms with Crippen molar-refractivity contribution in [3.63, 3.8) is 0 Å². The minimum absolute atomic E-state index is 0.431. The average molecular weight is 148 g/mol. The molecule has 0 amide bonds. The second-order valence-corrected chi connectivity index (χ2v) is 1.33. The fraction of sp³-hybridized carbons (Fsp3) is 0.857. The summed E-state index contributed by atoms with van der Waals surface area (Å²) >= 11 is 0. The third kappa shape index (κ3) is 26.1. The lowest BCUT2D eigenvalue weighted by atomic mass is 10.8. The molecule has 0 fully saturated rings. The molecule has 3 nitrogen and oxygen atoms in total. The SMILES string of the molecule is CCOC=O.CCOCC. The van der Waals surface area contributed by atoms with Gasteiger partial charge in [-0.2, -0.15) is 0 Å². The lowest BCUT2D eigenvalue weighted by molar-refractivity contribution is -0.128. The van der Waals surface area contributed by atoms with Crippen LogP contribution in [0.15, 0.2) is 0 Å². The number of hydrogen-bond donors (Lipinski definition) is 0. The molecule has 0 aromatic carbocycles. The van der Waals surface area contributed by atoms with Gasteiger partial charge < -0.3 is 9.47 Å². The summed E-state index contributed by atoms with van der Waals surface area (Å²) in [4.78, 5) is 9.18. The van der Waals surface area contributed by atoms with Crippen molar-refractivity contribution in [3.8, 4) is 0 Å². The highest BCUT2D eigenvalue weighted by Crippen LogP contribution is 1.64. The van der Waals surface area contributed by atoms with Crippen molar-refractivity contribution in [1.29, 1.82) is 0 Å². The summed E-state index contributed by atoms with van der Waals surface area (Å²) in [5.41, 5.74) is 0. The van der Waals surface area contributed by atoms with Crippen LogP contribution >= 0.6 is 0 Å². The van der Waals surface area contributed by atoms with Crippen LogP contribution in [0.1, 0.15) is 20.8 Å². The fourth-order valence-corrected chi connectivity index (χ4v) is 0.272. The van der Waals surface area contributed by atoms with Crippen LogP contribution in [0.3, 0.4) is 0 Å². The van der Waals surface area contributed by atoms with Crippen molar-refractivity contribution >= 4 is 6.47 Å². The van der Waals surface area contributed by atoms with Gasteiger partial charge in [0.15, 0.2) is 0 Å². The van der Waals surface area contributed by atoms with Gasteiger partial charge in [0.2, 0.25) is 0 Å². The Balaban J connectivity index is 0. The van der Waals surface area contributed by atoms with Gasteiger partial charge in [0.05, 0.1) is 6.61 Å². The Kier molecular flexibility index (Phi) is 19.2. The molecule has 0 atom stereocenters. The maximum Gasteiger partial charge on any atom is 0.293 e. The largest absolute Gasteiger partial charge is 0.468 e. The van der Waals surface area contributed by atoms with E-state index in [0.717, 1.165) is 13.2 Å². The molecular formula is C7H16O3. The summed E-state index contributed by atoms with van der Waals surface area (Å²) in [6.45, 7) is 8.33. The first-order valence-corrected chi connectivity index (χ1v) is 3.46. The van der Waals surface area contributed by atoms with E-state index in [1.807, 2.05) is 13.8 Å². The van der Waals surface area contributed by atoms with E-state index in [2.05, 4.69) is 4.74 Å². The van der Waals surface area contributed by atoms with Gasteiger partial charge >= 0.3 is 0 Å². The molecule has 0 bridgehead atoms. The maximum absolute atomic E-state index is 9.18. The molecule has 0 radical (unpaired) electrons. The van der Waals surface area contributed by atoms with Gasteiger partial charge in [-0.1, -0.05) is 0 Å². The molecule has 0 aliphatic heterocycles. The van der Waals surface area contributed by atoms with E-state index in [9.17, 15) is 4.79 Å². The van der Waals surface area contributed by atoms with Crippen LogP contribution in [0, 0.1) is 0 Å². The van der Waals surface area contributed by atoms with Crippen molar-refractivity contribution < 1.29 is 14.3 Å². The first-order chi connectivity index (χ1) is 4.83. The zero-order valence-electron chi connectivity index (χ0n) is 6.92. The van der Waals surface area contributed by atoms with Crippen molar-refractivity contribution in [2.45, 2.75) is 20.8 Å². The summed E-state index contributed by atoms with van der Waals surface area (Å²) < 4.78 is 8.99. The molecule has 62 valence electrons. The Bertz CT molecular complexity index is 52.8. The normalized spacial score (nSPS) is 7.50. The van der Waals surface area contributed by atoms with Crippen LogP contribution in [0.4, 0.5) is 0 Å². The third-order valence-corrected chi connectivity index (χ3v) is 0.643. The molecule has 0 aromatic heterocycles. The first-order valence-electron chi connectivity index (χ1n) is 3.46. The molecule has 0 N–H and O–H groups in total. The molecule has 0 spiro atoms. The second kappa shape index (κ2) is 15.8. The predicted octanol–water partition coefficient (Wildman–Crippen LogP) is 1.22. The van der Waals surface area contributed by atoms with Crippen molar-refractivity contribution in [2.24, 2.45) is 0 Å². The van der Waals surface area contributed by atoms with E-state index in [0.29, 0.717) is 13.1 Å². The monoisotopic (exact) mass is 148 g/mol. The van der Waals surface area contributed by atoms with Gasteiger partial charge in [-0.05, 0) is 20.8 Å². The second-order valence-electron chi connectivity index (χ2n) is 1.33. The van der Waals surface area contributed by atoms with Gasteiger partial charge in [0, 0.05) is 13.2 Å². The van der Waals surface area contributed by atoms with E-state index in [1.54, 1.807) is 6.92 Å². The van der Waals surface area contributed by atoms with Crippen LogP contribution < -0.4 is 0 Å². The van der Waals surface area contributed by atoms with Gasteiger partial charge in [-0.25, -0.2) is 0 Å². The van der Waals surface area contributed by atoms with Gasteiger partial charge in [-0.3, -0.25) is 4.79 Å². The van der Waals surface area contributed by atoms with Crippen LogP contribution in [-0.4, -0.2) is 26.3 Å². The van der Waals surface area contributed by atoms with Crippen LogP contribution in [-0.2, 0) is 14.3 Å². The van der Waals surface area contributed by atoms with Crippen LogP contribution in [0.5, 0.6) is 0 Å². The summed E-state index contributed by atoms with van der Waals surface area (Å²) in [5, 5.41) is 0. The molecule has 10 heavy (non-hydrogen) atoms. The van der Waals surface area contributed by atoms with Crippen LogP contribution in [0.25, 0.3) is 0 Å². The Morgan fingerprint density at radius 3 is 1.60 bits per heavy atom. The Morgan fingerprint density at radius 2 is 1.60 bits per heavy atom. The highest BCUT2D eigenvalue weighted by atomic mass is 16.5. The first kappa shape index (κ1) is 12.1. The van der Waals surface area contributed by atoms with Crippen LogP contribution in [0.2, 0.25) is 0 Å². The molecule has 0 saturated heterocycles. The highest BCUT2D eigenvalue weighted by Gasteiger charge is 1.64. The summed E-state index contributed by atoms with van der Waals surface area (Å²) in [6.07, 6.45) is 0. The smallest absolute Gasteiger partial charge is 0.293 e. The molecule has 3 heteroatoms. The molecule has 0 aromatic rings. The van der Waals surface area contributed by atoms with E-state index < -0.39 is 0 Å². The predicted molar refractivity (Wildman–Crippen MR) is 39.9 cm³/mol. The Labute approximate surface area is 62.3 Å². The topological polar surface area (TPSA) is 35.5 Å². The zero-order valence-corrected chi connectivity index (χ0v) is 6.92. The minimum Gasteiger partial charge on any atom is -0.468 e. The molecule has 0 aliphatic rings. The Morgan fingerprint density at radius 1 is 1.10 bits per heavy atom. The highest BCUT2D eigenvalue weighted by molar-refractivity contribution is 5.36. The molecule has 0 unspecified atom stereocenters. The zero-order chi connectivity index (χ0) is 8.24. The van der Waals surface area contributed by atoms with Crippen molar-refractivity contribution in [1.82, 2.24) is 0 Å². The van der Waals surface area contributed by atoms with E-state index in [4.69, 9.17) is 4.74 Å². The van der Waals surface area contributed by atoms with Crippen molar-refractivity contribution in [3.05, 3.63) is 0 Å². The molecular weight excluding hydrogens is 132 g/mol. The van der Waals surface area contributed by atoms with Gasteiger partial charge in [-0.15, -0.1) is 0 Å². The van der Waals surface area contributed by atoms with Crippen molar-refractivity contribution in [2.75, 3.05) is 19.8 Å². The number of carbonyl (C=O) groups excluding carboxylic acids is 1. The summed E-state index contributed by atoms with van der Waals surface area (Å²) in [7, 11) is 0. The summed E-state index contributed by atoms with van der Waals surface area (Å²) in [5.74, 6) is 0. The minimum atomic E-state index is 0.431. The molecule has 0 aliphatic carbocycles. The number of rotatable bonds is 4.